The topological polar surface area (TPSA) is 91.5 Å². The minimum atomic E-state index is 0.0167. The monoisotopic (exact) mass is 361 g/mol. The van der Waals surface area contributed by atoms with Gasteiger partial charge in [-0.1, -0.05) is 6.07 Å². The molecule has 1 unspecified atom stereocenters. The number of rotatable bonds is 4. The fourth-order valence-corrected chi connectivity index (χ4v) is 3.51. The summed E-state index contributed by atoms with van der Waals surface area (Å²) in [5, 5.41) is 1.93. The number of hydrogen-bond donors (Lipinski definition) is 1. The van der Waals surface area contributed by atoms with Gasteiger partial charge in [0.05, 0.1) is 10.9 Å². The Hall–Kier alpha value is -2.26. The van der Waals surface area contributed by atoms with E-state index in [0.717, 1.165) is 18.0 Å². The summed E-state index contributed by atoms with van der Waals surface area (Å²) in [7, 11) is 3.75. The lowest BCUT2D eigenvalue weighted by molar-refractivity contribution is 0.0580. The zero-order valence-corrected chi connectivity index (χ0v) is 15.5. The maximum absolute atomic E-state index is 12.4. The van der Waals surface area contributed by atoms with Crippen LogP contribution in [0.1, 0.15) is 28.5 Å². The molecule has 25 heavy (non-hydrogen) atoms. The fourth-order valence-electron chi connectivity index (χ4n) is 2.82. The summed E-state index contributed by atoms with van der Waals surface area (Å²) in [4.78, 5) is 32.2. The van der Waals surface area contributed by atoms with Gasteiger partial charge in [-0.2, -0.15) is 15.0 Å². The lowest BCUT2D eigenvalue weighted by Gasteiger charge is -2.37. The molecule has 1 saturated heterocycles. The van der Waals surface area contributed by atoms with E-state index in [-0.39, 0.29) is 17.9 Å². The maximum Gasteiger partial charge on any atom is 0.264 e. The Labute approximate surface area is 151 Å². The minimum absolute atomic E-state index is 0.0167. The SMILES string of the molecule is CC(c1nc(N)nc(N(C)C)n1)N1CCN(C(=O)c2cccs2)CC1. The molecule has 0 aliphatic carbocycles. The summed E-state index contributed by atoms with van der Waals surface area (Å²) in [6.07, 6.45) is 0. The van der Waals surface area contributed by atoms with Gasteiger partial charge in [-0.25, -0.2) is 0 Å². The van der Waals surface area contributed by atoms with E-state index in [0.29, 0.717) is 24.9 Å². The number of amides is 1. The Morgan fingerprint density at radius 2 is 1.96 bits per heavy atom. The van der Waals surface area contributed by atoms with Gasteiger partial charge in [-0.05, 0) is 18.4 Å². The van der Waals surface area contributed by atoms with E-state index in [1.807, 2.05) is 41.4 Å². The third-order valence-corrected chi connectivity index (χ3v) is 5.17. The van der Waals surface area contributed by atoms with Crippen molar-refractivity contribution in [3.05, 3.63) is 28.2 Å². The highest BCUT2D eigenvalue weighted by molar-refractivity contribution is 7.12. The highest BCUT2D eigenvalue weighted by atomic mass is 32.1. The van der Waals surface area contributed by atoms with Crippen molar-refractivity contribution in [2.45, 2.75) is 13.0 Å². The average molecular weight is 361 g/mol. The third-order valence-electron chi connectivity index (χ3n) is 4.31. The molecule has 0 radical (unpaired) electrons. The predicted octanol–water partition coefficient (Wildman–Crippen LogP) is 1.10. The molecule has 134 valence electrons. The molecule has 9 heteroatoms. The predicted molar refractivity (Wildman–Crippen MR) is 98.8 cm³/mol. The van der Waals surface area contributed by atoms with Gasteiger partial charge in [0.2, 0.25) is 11.9 Å². The molecule has 0 saturated carbocycles. The molecule has 1 aliphatic rings. The lowest BCUT2D eigenvalue weighted by atomic mass is 10.2. The number of carbonyl (C=O) groups is 1. The zero-order valence-electron chi connectivity index (χ0n) is 14.7. The van der Waals surface area contributed by atoms with Crippen LogP contribution in [0.4, 0.5) is 11.9 Å². The van der Waals surface area contributed by atoms with Gasteiger partial charge in [-0.15, -0.1) is 11.3 Å². The van der Waals surface area contributed by atoms with Crippen molar-refractivity contribution in [2.75, 3.05) is 50.9 Å². The van der Waals surface area contributed by atoms with Crippen LogP contribution < -0.4 is 10.6 Å². The van der Waals surface area contributed by atoms with Crippen molar-refractivity contribution >= 4 is 29.1 Å². The number of carbonyl (C=O) groups excluding carboxylic acids is 1. The van der Waals surface area contributed by atoms with E-state index in [2.05, 4.69) is 26.8 Å². The quantitative estimate of drug-likeness (QED) is 0.872. The number of thiophene rings is 1. The molecular formula is C16H23N7OS. The van der Waals surface area contributed by atoms with E-state index in [9.17, 15) is 4.79 Å². The van der Waals surface area contributed by atoms with Crippen LogP contribution >= 0.6 is 11.3 Å². The number of nitrogens with zero attached hydrogens (tertiary/aromatic N) is 6. The first kappa shape index (κ1) is 17.6. The molecule has 0 bridgehead atoms. The maximum atomic E-state index is 12.4. The molecule has 1 fully saturated rings. The molecule has 2 N–H and O–H groups in total. The van der Waals surface area contributed by atoms with Crippen molar-refractivity contribution in [1.29, 1.82) is 0 Å². The first-order valence-electron chi connectivity index (χ1n) is 8.21. The van der Waals surface area contributed by atoms with E-state index in [1.165, 1.54) is 11.3 Å². The van der Waals surface area contributed by atoms with E-state index >= 15 is 0 Å². The molecule has 3 rings (SSSR count). The van der Waals surface area contributed by atoms with Crippen molar-refractivity contribution in [3.8, 4) is 0 Å². The van der Waals surface area contributed by atoms with Gasteiger partial charge in [-0.3, -0.25) is 9.69 Å². The number of piperazine rings is 1. The molecule has 2 aromatic rings. The summed E-state index contributed by atoms with van der Waals surface area (Å²) in [5.41, 5.74) is 5.82. The van der Waals surface area contributed by atoms with Crippen LogP contribution in [0.2, 0.25) is 0 Å². The second-order valence-corrected chi connectivity index (χ2v) is 7.18. The van der Waals surface area contributed by atoms with Crippen molar-refractivity contribution < 1.29 is 4.79 Å². The molecule has 2 aromatic heterocycles. The van der Waals surface area contributed by atoms with Crippen LogP contribution in [-0.2, 0) is 0 Å². The number of hydrogen-bond acceptors (Lipinski definition) is 8. The molecule has 8 nitrogen and oxygen atoms in total. The summed E-state index contributed by atoms with van der Waals surface area (Å²) < 4.78 is 0. The van der Waals surface area contributed by atoms with Crippen LogP contribution in [0, 0.1) is 0 Å². The van der Waals surface area contributed by atoms with Crippen molar-refractivity contribution in [3.63, 3.8) is 0 Å². The molecular weight excluding hydrogens is 338 g/mol. The third kappa shape index (κ3) is 3.88. The van der Waals surface area contributed by atoms with E-state index < -0.39 is 0 Å². The van der Waals surface area contributed by atoms with Gasteiger partial charge in [0.1, 0.15) is 0 Å². The molecule has 0 spiro atoms. The number of anilines is 2. The summed E-state index contributed by atoms with van der Waals surface area (Å²) in [6, 6.07) is 3.80. The summed E-state index contributed by atoms with van der Waals surface area (Å²) >= 11 is 1.48. The van der Waals surface area contributed by atoms with Gasteiger partial charge in [0, 0.05) is 40.3 Å². The second kappa shape index (κ2) is 7.32. The molecule has 1 amide bonds. The normalized spacial score (nSPS) is 16.7. The first-order chi connectivity index (χ1) is 12.0. The van der Waals surface area contributed by atoms with Crippen LogP contribution in [0.3, 0.4) is 0 Å². The number of nitrogens with two attached hydrogens (primary N) is 1. The van der Waals surface area contributed by atoms with E-state index in [4.69, 9.17) is 5.73 Å². The molecule has 3 heterocycles. The Morgan fingerprint density at radius 3 is 2.56 bits per heavy atom. The lowest BCUT2D eigenvalue weighted by Crippen LogP contribution is -2.49. The Balaban J connectivity index is 1.65. The average Bonchev–Trinajstić information content (AvgIpc) is 3.14. The first-order valence-corrected chi connectivity index (χ1v) is 9.09. The van der Waals surface area contributed by atoms with E-state index in [1.54, 1.807) is 0 Å². The van der Waals surface area contributed by atoms with Gasteiger partial charge in [0.15, 0.2) is 5.82 Å². The molecule has 0 aromatic carbocycles. The highest BCUT2D eigenvalue weighted by Gasteiger charge is 2.27. The zero-order chi connectivity index (χ0) is 18.0. The van der Waals surface area contributed by atoms with Gasteiger partial charge in [0.25, 0.3) is 5.91 Å². The minimum Gasteiger partial charge on any atom is -0.368 e. The Bertz CT molecular complexity index is 726. The van der Waals surface area contributed by atoms with Crippen molar-refractivity contribution in [1.82, 2.24) is 24.8 Å². The smallest absolute Gasteiger partial charge is 0.264 e. The Kier molecular flexibility index (Phi) is 5.14. The van der Waals surface area contributed by atoms with Crippen LogP contribution in [0.25, 0.3) is 0 Å². The standard InChI is InChI=1S/C16H23N7OS/c1-11(13-18-15(17)20-16(19-13)21(2)3)22-6-8-23(9-7-22)14(24)12-5-4-10-25-12/h4-5,10-11H,6-9H2,1-3H3,(H2,17,18,19,20). The summed E-state index contributed by atoms with van der Waals surface area (Å²) in [5.74, 6) is 1.56. The van der Waals surface area contributed by atoms with Crippen molar-refractivity contribution in [2.24, 2.45) is 0 Å². The largest absolute Gasteiger partial charge is 0.368 e. The number of nitrogen functional groups attached to an aromatic ring is 1. The molecule has 1 atom stereocenters. The second-order valence-electron chi connectivity index (χ2n) is 6.23. The fraction of sp³-hybridized carbons (Fsp3) is 0.500. The van der Waals surface area contributed by atoms with Crippen LogP contribution in [0.5, 0.6) is 0 Å². The molecule has 1 aliphatic heterocycles. The highest BCUT2D eigenvalue weighted by Crippen LogP contribution is 2.21. The van der Waals surface area contributed by atoms with Crippen LogP contribution in [0.15, 0.2) is 17.5 Å². The number of aromatic nitrogens is 3. The Morgan fingerprint density at radius 1 is 1.24 bits per heavy atom. The van der Waals surface area contributed by atoms with Gasteiger partial charge < -0.3 is 15.5 Å². The summed E-state index contributed by atoms with van der Waals surface area (Å²) in [6.45, 7) is 5.01. The van der Waals surface area contributed by atoms with Crippen LogP contribution in [-0.4, -0.2) is 70.9 Å². The van der Waals surface area contributed by atoms with Gasteiger partial charge >= 0.3 is 0 Å².